The van der Waals surface area contributed by atoms with Gasteiger partial charge in [0.2, 0.25) is 0 Å². The van der Waals surface area contributed by atoms with Crippen molar-refractivity contribution in [3.8, 4) is 0 Å². The SMILES string of the molecule is Cc1cc(C)c2c(n1)sc1c(=O)n(CCC3CO[C@H](C)O3)cnc12. The minimum absolute atomic E-state index is 0.00739. The van der Waals surface area contributed by atoms with E-state index in [2.05, 4.69) is 9.97 Å². The Bertz CT molecular complexity index is 979. The number of aryl methyl sites for hydroxylation is 3. The number of pyridine rings is 1. The van der Waals surface area contributed by atoms with Crippen molar-refractivity contribution in [2.75, 3.05) is 6.61 Å². The summed E-state index contributed by atoms with van der Waals surface area (Å²) in [7, 11) is 0. The van der Waals surface area contributed by atoms with Crippen LogP contribution in [0.25, 0.3) is 20.4 Å². The summed E-state index contributed by atoms with van der Waals surface area (Å²) in [4.78, 5) is 22.8. The van der Waals surface area contributed by atoms with Gasteiger partial charge in [-0.3, -0.25) is 9.36 Å². The van der Waals surface area contributed by atoms with Crippen molar-refractivity contribution in [1.82, 2.24) is 14.5 Å². The third-order valence-electron chi connectivity index (χ3n) is 4.34. The molecule has 1 fully saturated rings. The molecule has 0 aromatic carbocycles. The van der Waals surface area contributed by atoms with Crippen molar-refractivity contribution in [3.63, 3.8) is 0 Å². The van der Waals surface area contributed by atoms with Crippen molar-refractivity contribution < 1.29 is 9.47 Å². The Morgan fingerprint density at radius 1 is 1.42 bits per heavy atom. The van der Waals surface area contributed by atoms with E-state index in [1.165, 1.54) is 11.3 Å². The van der Waals surface area contributed by atoms with E-state index < -0.39 is 0 Å². The van der Waals surface area contributed by atoms with Gasteiger partial charge in [-0.25, -0.2) is 9.97 Å². The van der Waals surface area contributed by atoms with Gasteiger partial charge in [0.05, 0.1) is 24.6 Å². The molecule has 24 heavy (non-hydrogen) atoms. The van der Waals surface area contributed by atoms with Crippen LogP contribution in [-0.2, 0) is 16.0 Å². The van der Waals surface area contributed by atoms with Crippen LogP contribution in [0, 0.1) is 13.8 Å². The molecule has 3 aromatic heterocycles. The average Bonchev–Trinajstić information content (AvgIpc) is 3.10. The molecule has 1 saturated heterocycles. The highest BCUT2D eigenvalue weighted by Gasteiger charge is 2.22. The van der Waals surface area contributed by atoms with Crippen LogP contribution in [-0.4, -0.2) is 33.5 Å². The van der Waals surface area contributed by atoms with Gasteiger partial charge in [-0.2, -0.15) is 0 Å². The number of aromatic nitrogens is 3. The van der Waals surface area contributed by atoms with E-state index in [0.717, 1.165) is 33.4 Å². The van der Waals surface area contributed by atoms with Gasteiger partial charge in [0, 0.05) is 17.6 Å². The normalized spacial score (nSPS) is 21.1. The van der Waals surface area contributed by atoms with E-state index >= 15 is 0 Å². The summed E-state index contributed by atoms with van der Waals surface area (Å²) in [6, 6.07) is 2.03. The highest BCUT2D eigenvalue weighted by Crippen LogP contribution is 2.31. The molecule has 0 radical (unpaired) electrons. The highest BCUT2D eigenvalue weighted by molar-refractivity contribution is 7.25. The summed E-state index contributed by atoms with van der Waals surface area (Å²) in [6.45, 7) is 7.04. The lowest BCUT2D eigenvalue weighted by atomic mass is 10.1. The first-order chi connectivity index (χ1) is 11.5. The van der Waals surface area contributed by atoms with Crippen LogP contribution in [0.2, 0.25) is 0 Å². The molecule has 6 nitrogen and oxygen atoms in total. The molecule has 126 valence electrons. The third kappa shape index (κ3) is 2.62. The topological polar surface area (TPSA) is 66.2 Å². The van der Waals surface area contributed by atoms with Gasteiger partial charge >= 0.3 is 0 Å². The lowest BCUT2D eigenvalue weighted by Crippen LogP contribution is -2.23. The maximum Gasteiger partial charge on any atom is 0.271 e. The molecule has 2 atom stereocenters. The predicted molar refractivity (Wildman–Crippen MR) is 93.6 cm³/mol. The summed E-state index contributed by atoms with van der Waals surface area (Å²) in [6.07, 6.45) is 2.25. The first-order valence-corrected chi connectivity index (χ1v) is 8.87. The number of hydrogen-bond donors (Lipinski definition) is 0. The number of hydrogen-bond acceptors (Lipinski definition) is 6. The first-order valence-electron chi connectivity index (χ1n) is 8.06. The second-order valence-electron chi connectivity index (χ2n) is 6.23. The Morgan fingerprint density at radius 3 is 3.00 bits per heavy atom. The van der Waals surface area contributed by atoms with Gasteiger partial charge in [-0.15, -0.1) is 11.3 Å². The molecule has 0 amide bonds. The molecular weight excluding hydrogens is 326 g/mol. The molecule has 3 aromatic rings. The Morgan fingerprint density at radius 2 is 2.25 bits per heavy atom. The van der Waals surface area contributed by atoms with Gasteiger partial charge in [0.25, 0.3) is 5.56 Å². The molecule has 4 rings (SSSR count). The Kier molecular flexibility index (Phi) is 3.86. The summed E-state index contributed by atoms with van der Waals surface area (Å²) in [5.41, 5.74) is 2.82. The Balaban J connectivity index is 1.71. The summed E-state index contributed by atoms with van der Waals surface area (Å²) < 4.78 is 13.3. The van der Waals surface area contributed by atoms with Crippen LogP contribution in [0.15, 0.2) is 17.2 Å². The van der Waals surface area contributed by atoms with Gasteiger partial charge in [-0.1, -0.05) is 0 Å². The van der Waals surface area contributed by atoms with Crippen molar-refractivity contribution >= 4 is 31.8 Å². The van der Waals surface area contributed by atoms with E-state index in [9.17, 15) is 4.79 Å². The van der Waals surface area contributed by atoms with Gasteiger partial charge in [0.1, 0.15) is 9.53 Å². The first kappa shape index (κ1) is 15.7. The van der Waals surface area contributed by atoms with Gasteiger partial charge < -0.3 is 9.47 Å². The zero-order valence-electron chi connectivity index (χ0n) is 13.9. The highest BCUT2D eigenvalue weighted by atomic mass is 32.1. The quantitative estimate of drug-likeness (QED) is 0.730. The van der Waals surface area contributed by atoms with Crippen LogP contribution in [0.5, 0.6) is 0 Å². The van der Waals surface area contributed by atoms with E-state index in [1.807, 2.05) is 26.8 Å². The van der Waals surface area contributed by atoms with Crippen LogP contribution >= 0.6 is 11.3 Å². The molecule has 0 saturated carbocycles. The molecule has 1 aliphatic heterocycles. The standard InChI is InChI=1S/C17H19N3O3S/c1-9-6-10(2)19-16-13(9)14-15(24-16)17(21)20(8-18-14)5-4-12-7-22-11(3)23-12/h6,8,11-12H,4-5,7H2,1-3H3/t11-,12?/m0/s1. The molecule has 4 heterocycles. The van der Waals surface area contributed by atoms with Crippen LogP contribution < -0.4 is 5.56 Å². The lowest BCUT2D eigenvalue weighted by molar-refractivity contribution is -0.0437. The minimum atomic E-state index is -0.160. The van der Waals surface area contributed by atoms with Crippen LogP contribution in [0.4, 0.5) is 0 Å². The molecule has 1 unspecified atom stereocenters. The van der Waals surface area contributed by atoms with Crippen LogP contribution in [0.1, 0.15) is 24.6 Å². The maximum atomic E-state index is 12.8. The number of nitrogens with zero attached hydrogens (tertiary/aromatic N) is 3. The molecule has 7 heteroatoms. The van der Waals surface area contributed by atoms with E-state index in [-0.39, 0.29) is 18.0 Å². The lowest BCUT2D eigenvalue weighted by Gasteiger charge is -2.09. The molecule has 1 aliphatic rings. The fraction of sp³-hybridized carbons (Fsp3) is 0.471. The Labute approximate surface area is 143 Å². The monoisotopic (exact) mass is 345 g/mol. The minimum Gasteiger partial charge on any atom is -0.350 e. The third-order valence-corrected chi connectivity index (χ3v) is 5.40. The zero-order chi connectivity index (χ0) is 16.8. The smallest absolute Gasteiger partial charge is 0.271 e. The summed E-state index contributed by atoms with van der Waals surface area (Å²) >= 11 is 1.43. The number of ether oxygens (including phenoxy) is 2. The van der Waals surface area contributed by atoms with Gasteiger partial charge in [-0.05, 0) is 38.8 Å². The summed E-state index contributed by atoms with van der Waals surface area (Å²) in [5, 5.41) is 0.992. The van der Waals surface area contributed by atoms with E-state index in [4.69, 9.17) is 9.47 Å². The van der Waals surface area contributed by atoms with Crippen molar-refractivity contribution in [2.45, 2.75) is 46.1 Å². The molecule has 0 N–H and O–H groups in total. The Hall–Kier alpha value is -1.83. The molecular formula is C17H19N3O3S. The van der Waals surface area contributed by atoms with Crippen molar-refractivity contribution in [1.29, 1.82) is 0 Å². The predicted octanol–water partition coefficient (Wildman–Crippen LogP) is 2.77. The van der Waals surface area contributed by atoms with E-state index in [0.29, 0.717) is 17.9 Å². The molecule has 0 bridgehead atoms. The van der Waals surface area contributed by atoms with Gasteiger partial charge in [0.15, 0.2) is 6.29 Å². The van der Waals surface area contributed by atoms with Crippen molar-refractivity contribution in [3.05, 3.63) is 34.0 Å². The average molecular weight is 345 g/mol. The maximum absolute atomic E-state index is 12.8. The van der Waals surface area contributed by atoms with Crippen LogP contribution in [0.3, 0.4) is 0 Å². The van der Waals surface area contributed by atoms with Crippen molar-refractivity contribution in [2.24, 2.45) is 0 Å². The number of fused-ring (bicyclic) bond motifs is 3. The second-order valence-corrected chi connectivity index (χ2v) is 7.23. The largest absolute Gasteiger partial charge is 0.350 e. The second kappa shape index (κ2) is 5.91. The fourth-order valence-electron chi connectivity index (χ4n) is 3.19. The fourth-order valence-corrected chi connectivity index (χ4v) is 4.39. The number of rotatable bonds is 3. The number of thiophene rings is 1. The molecule has 0 spiro atoms. The summed E-state index contributed by atoms with van der Waals surface area (Å²) in [5.74, 6) is 0. The zero-order valence-corrected chi connectivity index (χ0v) is 14.7. The van der Waals surface area contributed by atoms with E-state index in [1.54, 1.807) is 10.9 Å². The molecule has 0 aliphatic carbocycles.